The summed E-state index contributed by atoms with van der Waals surface area (Å²) in [7, 11) is 1.57. The molecule has 2 aromatic rings. The van der Waals surface area contributed by atoms with Crippen molar-refractivity contribution in [3.8, 4) is 5.69 Å². The minimum atomic E-state index is -0.660. The van der Waals surface area contributed by atoms with Gasteiger partial charge >= 0.3 is 5.69 Å². The summed E-state index contributed by atoms with van der Waals surface area (Å²) < 4.78 is 7.35. The van der Waals surface area contributed by atoms with E-state index in [1.54, 1.807) is 18.0 Å². The van der Waals surface area contributed by atoms with E-state index in [0.717, 1.165) is 10.8 Å². The molecule has 8 heteroatoms. The Morgan fingerprint density at radius 1 is 1.45 bits per heavy atom. The predicted molar refractivity (Wildman–Crippen MR) is 70.3 cm³/mol. The normalized spacial score (nSPS) is 10.7. The van der Waals surface area contributed by atoms with Crippen LogP contribution in [0.2, 0.25) is 0 Å². The topological polar surface area (TPSA) is 99.0 Å². The summed E-state index contributed by atoms with van der Waals surface area (Å²) in [5.41, 5.74) is -1.05. The summed E-state index contributed by atoms with van der Waals surface area (Å²) in [5.74, 6) is -0.410. The van der Waals surface area contributed by atoms with Crippen LogP contribution in [0.15, 0.2) is 28.2 Å². The second-order valence-electron chi connectivity index (χ2n) is 4.16. The number of carbonyl (C=O) groups is 1. The third-order valence-corrected chi connectivity index (χ3v) is 2.76. The Labute approximate surface area is 113 Å². The number of hydrogen-bond donors (Lipinski definition) is 1. The largest absolute Gasteiger partial charge is 0.383 e. The van der Waals surface area contributed by atoms with Crippen LogP contribution in [0.5, 0.6) is 0 Å². The van der Waals surface area contributed by atoms with Crippen molar-refractivity contribution in [2.45, 2.75) is 13.5 Å². The zero-order valence-corrected chi connectivity index (χ0v) is 11.1. The lowest BCUT2D eigenvalue weighted by Crippen LogP contribution is -2.36. The molecule has 2 heterocycles. The van der Waals surface area contributed by atoms with E-state index in [0.29, 0.717) is 18.8 Å². The molecule has 1 N–H and O–H groups in total. The molecule has 2 rings (SSSR count). The number of H-pyrrole nitrogens is 1. The molecule has 0 atom stereocenters. The number of nitrogens with one attached hydrogen (secondary N) is 1. The highest BCUT2D eigenvalue weighted by Gasteiger charge is 2.13. The van der Waals surface area contributed by atoms with Crippen molar-refractivity contribution in [2.75, 3.05) is 13.7 Å². The molecule has 2 aromatic heterocycles. The zero-order valence-electron chi connectivity index (χ0n) is 11.1. The van der Waals surface area contributed by atoms with Crippen LogP contribution in [-0.4, -0.2) is 38.8 Å². The van der Waals surface area contributed by atoms with Crippen LogP contribution in [0.1, 0.15) is 17.3 Å². The van der Waals surface area contributed by atoms with Crippen LogP contribution in [0, 0.1) is 0 Å². The molecule has 0 aliphatic carbocycles. The molecule has 0 radical (unpaired) electrons. The summed E-state index contributed by atoms with van der Waals surface area (Å²) in [4.78, 5) is 37.6. The summed E-state index contributed by atoms with van der Waals surface area (Å²) in [6, 6.07) is 0. The number of hydrogen-bond acceptors (Lipinski definition) is 5. The SMILES string of the molecule is COCCn1cc(-n2c(=O)[nH]cc(C(C)=O)c2=O)cn1. The van der Waals surface area contributed by atoms with E-state index in [1.165, 1.54) is 13.1 Å². The number of nitrogens with zero attached hydrogens (tertiary/aromatic N) is 3. The molecule has 0 aromatic carbocycles. The minimum absolute atomic E-state index is 0.0748. The molecule has 0 saturated carbocycles. The molecule has 0 saturated heterocycles. The monoisotopic (exact) mass is 278 g/mol. The van der Waals surface area contributed by atoms with Crippen LogP contribution in [0.3, 0.4) is 0 Å². The van der Waals surface area contributed by atoms with Gasteiger partial charge in [0, 0.05) is 19.5 Å². The van der Waals surface area contributed by atoms with Gasteiger partial charge in [-0.25, -0.2) is 9.36 Å². The van der Waals surface area contributed by atoms with Crippen LogP contribution < -0.4 is 11.2 Å². The van der Waals surface area contributed by atoms with E-state index in [4.69, 9.17) is 4.74 Å². The Morgan fingerprint density at radius 2 is 2.20 bits per heavy atom. The average Bonchev–Trinajstić information content (AvgIpc) is 2.84. The first kappa shape index (κ1) is 13.9. The smallest absolute Gasteiger partial charge is 0.333 e. The molecular formula is C12H14N4O4. The fraction of sp³-hybridized carbons (Fsp3) is 0.333. The number of aromatic amines is 1. The highest BCUT2D eigenvalue weighted by atomic mass is 16.5. The van der Waals surface area contributed by atoms with Gasteiger partial charge in [-0.15, -0.1) is 0 Å². The van der Waals surface area contributed by atoms with Gasteiger partial charge in [0.1, 0.15) is 0 Å². The molecule has 0 aliphatic rings. The van der Waals surface area contributed by atoms with E-state index in [9.17, 15) is 14.4 Å². The molecule has 0 amide bonds. The number of ketones is 1. The lowest BCUT2D eigenvalue weighted by molar-refractivity contribution is 0.101. The maximum atomic E-state index is 12.1. The van der Waals surface area contributed by atoms with Gasteiger partial charge in [0.15, 0.2) is 5.78 Å². The Bertz CT molecular complexity index is 740. The molecule has 0 aliphatic heterocycles. The van der Waals surface area contributed by atoms with Crippen LogP contribution >= 0.6 is 0 Å². The van der Waals surface area contributed by atoms with E-state index in [-0.39, 0.29) is 5.56 Å². The molecule has 106 valence electrons. The standard InChI is InChI=1S/C12H14N4O4/c1-8(17)10-6-13-12(19)16(11(10)18)9-5-14-15(7-9)3-4-20-2/h5-7H,3-4H2,1-2H3,(H,13,19). The molecule has 0 unspecified atom stereocenters. The van der Waals surface area contributed by atoms with Crippen molar-refractivity contribution in [2.24, 2.45) is 0 Å². The molecule has 20 heavy (non-hydrogen) atoms. The molecule has 0 fully saturated rings. The zero-order chi connectivity index (χ0) is 14.7. The second kappa shape index (κ2) is 5.66. The number of carbonyl (C=O) groups excluding carboxylic acids is 1. The first-order valence-corrected chi connectivity index (χ1v) is 5.92. The van der Waals surface area contributed by atoms with Crippen molar-refractivity contribution in [3.63, 3.8) is 0 Å². The molecule has 0 bridgehead atoms. The summed E-state index contributed by atoms with van der Waals surface area (Å²) in [5, 5.41) is 4.03. The van der Waals surface area contributed by atoms with E-state index in [2.05, 4.69) is 10.1 Å². The van der Waals surface area contributed by atoms with Crippen LogP contribution in [0.25, 0.3) is 5.69 Å². The van der Waals surface area contributed by atoms with Crippen molar-refractivity contribution < 1.29 is 9.53 Å². The third kappa shape index (κ3) is 2.59. The molecule has 8 nitrogen and oxygen atoms in total. The van der Waals surface area contributed by atoms with Crippen LogP contribution in [-0.2, 0) is 11.3 Å². The van der Waals surface area contributed by atoms with Gasteiger partial charge in [0.05, 0.1) is 30.6 Å². The quantitative estimate of drug-likeness (QED) is 0.748. The first-order chi connectivity index (χ1) is 9.54. The average molecular weight is 278 g/mol. The van der Waals surface area contributed by atoms with Crippen molar-refractivity contribution in [3.05, 3.63) is 45.0 Å². The van der Waals surface area contributed by atoms with Gasteiger partial charge < -0.3 is 9.72 Å². The third-order valence-electron chi connectivity index (χ3n) is 2.76. The van der Waals surface area contributed by atoms with Gasteiger partial charge in [0.25, 0.3) is 5.56 Å². The lowest BCUT2D eigenvalue weighted by atomic mass is 10.2. The fourth-order valence-electron chi connectivity index (χ4n) is 1.73. The van der Waals surface area contributed by atoms with Gasteiger partial charge in [0.2, 0.25) is 0 Å². The maximum Gasteiger partial charge on any atom is 0.333 e. The summed E-state index contributed by atoms with van der Waals surface area (Å²) >= 11 is 0. The van der Waals surface area contributed by atoms with Gasteiger partial charge in [-0.05, 0) is 6.92 Å². The molecular weight excluding hydrogens is 264 g/mol. The Morgan fingerprint density at radius 3 is 2.85 bits per heavy atom. The summed E-state index contributed by atoms with van der Waals surface area (Å²) in [6.07, 6.45) is 4.05. The van der Waals surface area contributed by atoms with Crippen molar-refractivity contribution in [1.82, 2.24) is 19.3 Å². The lowest BCUT2D eigenvalue weighted by Gasteiger charge is -2.02. The Hall–Kier alpha value is -2.48. The van der Waals surface area contributed by atoms with Gasteiger partial charge in [-0.2, -0.15) is 5.10 Å². The number of aromatic nitrogens is 4. The number of Topliss-reactive ketones (excluding diaryl/α,β-unsaturated/α-hetero) is 1. The number of rotatable bonds is 5. The fourth-order valence-corrected chi connectivity index (χ4v) is 1.73. The maximum absolute atomic E-state index is 12.1. The van der Waals surface area contributed by atoms with Crippen molar-refractivity contribution >= 4 is 5.78 Å². The highest BCUT2D eigenvalue weighted by molar-refractivity contribution is 5.93. The number of ether oxygens (including phenoxy) is 1. The predicted octanol–water partition coefficient (Wildman–Crippen LogP) is -0.429. The Kier molecular flexibility index (Phi) is 3.94. The minimum Gasteiger partial charge on any atom is -0.383 e. The van der Waals surface area contributed by atoms with E-state index in [1.807, 2.05) is 0 Å². The van der Waals surface area contributed by atoms with E-state index < -0.39 is 17.0 Å². The first-order valence-electron chi connectivity index (χ1n) is 5.92. The highest BCUT2D eigenvalue weighted by Crippen LogP contribution is 2.01. The second-order valence-corrected chi connectivity index (χ2v) is 4.16. The van der Waals surface area contributed by atoms with Crippen molar-refractivity contribution in [1.29, 1.82) is 0 Å². The summed E-state index contributed by atoms with van der Waals surface area (Å²) in [6.45, 7) is 2.22. The Balaban J connectivity index is 2.50. The van der Waals surface area contributed by atoms with Gasteiger partial charge in [-0.1, -0.05) is 0 Å². The molecule has 0 spiro atoms. The number of methoxy groups -OCH3 is 1. The van der Waals surface area contributed by atoms with E-state index >= 15 is 0 Å². The van der Waals surface area contributed by atoms with Crippen LogP contribution in [0.4, 0.5) is 0 Å². The van der Waals surface area contributed by atoms with Gasteiger partial charge in [-0.3, -0.25) is 14.3 Å².